The zero-order valence-electron chi connectivity index (χ0n) is 28.4. The maximum atomic E-state index is 12.7. The number of thioether (sulfide) groups is 1. The van der Waals surface area contributed by atoms with E-state index in [9.17, 15) is 51.8 Å². The Morgan fingerprint density at radius 2 is 1.59 bits per heavy atom. The Morgan fingerprint density at radius 1 is 0.980 bits per heavy atom. The number of imide groups is 1. The molecule has 1 fully saturated rings. The quantitative estimate of drug-likeness (QED) is 0.0185. The van der Waals surface area contributed by atoms with Crippen LogP contribution in [0.3, 0.4) is 0 Å². The molecular formula is C28H44N2O17P2S2. The minimum absolute atomic E-state index is 0.0604. The van der Waals surface area contributed by atoms with Gasteiger partial charge in [0.15, 0.2) is 0 Å². The van der Waals surface area contributed by atoms with Crippen molar-refractivity contribution in [2.75, 3.05) is 32.1 Å². The molecule has 23 heteroatoms. The average molecular weight is 807 g/mol. The van der Waals surface area contributed by atoms with Gasteiger partial charge in [0.1, 0.15) is 4.90 Å². The van der Waals surface area contributed by atoms with Crippen LogP contribution in [0.5, 0.6) is 5.75 Å². The van der Waals surface area contributed by atoms with Gasteiger partial charge in [-0.05, 0) is 64.3 Å². The highest BCUT2D eigenvalue weighted by molar-refractivity contribution is 8.00. The standard InChI is InChI=1S/C28H44N2O17P2S2/c1-28(2,3)47-49(38,39)45-17-16-44-48(36,37)43-15-9-4-5-10-18-50-24-20-25(31)29(27(24)33)14-8-6-7-11-26(32)46-23-13-12-21(51(40,41)42)19-22(23)30(34)35/h12-13,19,24H,4-11,14-18,20H2,1-3H3,(H,36,37)(H,38,39)(H,40,41,42). The summed E-state index contributed by atoms with van der Waals surface area (Å²) in [4.78, 5) is 67.4. The molecule has 0 saturated carbocycles. The lowest BCUT2D eigenvalue weighted by molar-refractivity contribution is -0.385. The second kappa shape index (κ2) is 20.2. The minimum Gasteiger partial charge on any atom is -0.419 e. The van der Waals surface area contributed by atoms with Gasteiger partial charge in [-0.2, -0.15) is 8.42 Å². The summed E-state index contributed by atoms with van der Waals surface area (Å²) in [6, 6.07) is 2.34. The van der Waals surface area contributed by atoms with Gasteiger partial charge in [-0.25, -0.2) is 9.13 Å². The highest BCUT2D eigenvalue weighted by Crippen LogP contribution is 2.48. The Hall–Kier alpha value is -2.29. The number of phosphoric ester groups is 2. The molecule has 51 heavy (non-hydrogen) atoms. The molecule has 0 aromatic heterocycles. The number of nitro groups is 1. The lowest BCUT2D eigenvalue weighted by atomic mass is 10.2. The van der Waals surface area contributed by atoms with Crippen LogP contribution < -0.4 is 4.74 Å². The molecule has 0 bridgehead atoms. The summed E-state index contributed by atoms with van der Waals surface area (Å²) in [7, 11) is -13.4. The number of esters is 1. The van der Waals surface area contributed by atoms with E-state index < -0.39 is 77.1 Å². The monoisotopic (exact) mass is 806 g/mol. The van der Waals surface area contributed by atoms with Gasteiger partial charge in [-0.1, -0.05) is 19.3 Å². The molecule has 3 unspecified atom stereocenters. The number of nitrogens with zero attached hydrogens (tertiary/aromatic N) is 2. The minimum atomic E-state index is -4.70. The van der Waals surface area contributed by atoms with Crippen LogP contribution in [0.4, 0.5) is 5.69 Å². The van der Waals surface area contributed by atoms with Crippen LogP contribution in [0.25, 0.3) is 0 Å². The molecule has 19 nitrogen and oxygen atoms in total. The Morgan fingerprint density at radius 3 is 2.22 bits per heavy atom. The van der Waals surface area contributed by atoms with Gasteiger partial charge in [-0.3, -0.25) is 52.0 Å². The van der Waals surface area contributed by atoms with Crippen molar-refractivity contribution in [1.82, 2.24) is 4.90 Å². The molecule has 3 atom stereocenters. The van der Waals surface area contributed by atoms with E-state index in [0.717, 1.165) is 25.0 Å². The number of carbonyl (C=O) groups is 3. The van der Waals surface area contributed by atoms with Crippen molar-refractivity contribution in [1.29, 1.82) is 0 Å². The summed E-state index contributed by atoms with van der Waals surface area (Å²) < 4.78 is 79.4. The van der Waals surface area contributed by atoms with E-state index in [1.54, 1.807) is 20.8 Å². The Labute approximate surface area is 299 Å². The third-order valence-electron chi connectivity index (χ3n) is 6.71. The van der Waals surface area contributed by atoms with E-state index in [4.69, 9.17) is 22.9 Å². The molecule has 1 aliphatic heterocycles. The number of unbranched alkanes of at least 4 members (excludes halogenated alkanes) is 5. The Kier molecular flexibility index (Phi) is 17.8. The number of phosphoric acid groups is 2. The molecule has 1 heterocycles. The molecule has 1 saturated heterocycles. The summed E-state index contributed by atoms with van der Waals surface area (Å²) in [5.41, 5.74) is -1.74. The van der Waals surface area contributed by atoms with Crippen molar-refractivity contribution in [2.45, 2.75) is 94.3 Å². The van der Waals surface area contributed by atoms with Crippen molar-refractivity contribution in [2.24, 2.45) is 0 Å². The maximum absolute atomic E-state index is 12.7. The third-order valence-corrected chi connectivity index (χ3v) is 11.2. The zero-order valence-corrected chi connectivity index (χ0v) is 31.8. The third kappa shape index (κ3) is 17.4. The van der Waals surface area contributed by atoms with E-state index in [0.29, 0.717) is 43.9 Å². The highest BCUT2D eigenvalue weighted by Gasteiger charge is 2.38. The summed E-state index contributed by atoms with van der Waals surface area (Å²) in [6.45, 7) is 3.85. The highest BCUT2D eigenvalue weighted by atomic mass is 32.2. The molecule has 0 aliphatic carbocycles. The zero-order chi connectivity index (χ0) is 38.5. The number of rotatable bonds is 24. The van der Waals surface area contributed by atoms with E-state index in [1.807, 2.05) is 0 Å². The Bertz CT molecular complexity index is 1580. The summed E-state index contributed by atoms with van der Waals surface area (Å²) >= 11 is 1.37. The van der Waals surface area contributed by atoms with E-state index in [1.165, 1.54) is 16.7 Å². The van der Waals surface area contributed by atoms with E-state index in [-0.39, 0.29) is 37.8 Å². The molecule has 1 aromatic carbocycles. The van der Waals surface area contributed by atoms with Crippen LogP contribution >= 0.6 is 27.4 Å². The number of benzene rings is 1. The van der Waals surface area contributed by atoms with Gasteiger partial charge in [0.05, 0.1) is 35.6 Å². The Balaban J connectivity index is 1.57. The van der Waals surface area contributed by atoms with Crippen LogP contribution in [0.2, 0.25) is 0 Å². The molecular weight excluding hydrogens is 762 g/mol. The molecule has 1 aliphatic rings. The van der Waals surface area contributed by atoms with Crippen LogP contribution in [0, 0.1) is 10.1 Å². The van der Waals surface area contributed by atoms with Crippen molar-refractivity contribution in [3.05, 3.63) is 28.3 Å². The molecule has 2 rings (SSSR count). The van der Waals surface area contributed by atoms with E-state index in [2.05, 4.69) is 4.52 Å². The van der Waals surface area contributed by atoms with Crippen molar-refractivity contribution >= 4 is 61.0 Å². The molecule has 3 N–H and O–H groups in total. The molecule has 290 valence electrons. The smallest absolute Gasteiger partial charge is 0.419 e. The second-order valence-corrected chi connectivity index (χ2v) is 17.7. The van der Waals surface area contributed by atoms with Gasteiger partial charge < -0.3 is 14.5 Å². The fourth-order valence-electron chi connectivity index (χ4n) is 4.47. The number of likely N-dealkylation sites (tertiary alicyclic amines) is 1. The van der Waals surface area contributed by atoms with Gasteiger partial charge in [0.2, 0.25) is 17.6 Å². The molecule has 0 spiro atoms. The number of ether oxygens (including phenoxy) is 1. The van der Waals surface area contributed by atoms with Gasteiger partial charge in [-0.15, -0.1) is 11.8 Å². The van der Waals surface area contributed by atoms with Crippen LogP contribution in [0.1, 0.15) is 78.6 Å². The number of hydrogen-bond donors (Lipinski definition) is 3. The fourth-order valence-corrected chi connectivity index (χ4v) is 7.95. The second-order valence-electron chi connectivity index (χ2n) is 12.1. The lowest BCUT2D eigenvalue weighted by Crippen LogP contribution is -2.32. The fraction of sp³-hybridized carbons (Fsp3) is 0.679. The van der Waals surface area contributed by atoms with Crippen LogP contribution in [-0.2, 0) is 51.7 Å². The summed E-state index contributed by atoms with van der Waals surface area (Å²) in [5, 5.41) is 10.7. The topological polar surface area (TPSA) is 273 Å². The van der Waals surface area contributed by atoms with Gasteiger partial charge in [0.25, 0.3) is 10.1 Å². The van der Waals surface area contributed by atoms with E-state index >= 15 is 0 Å². The molecule has 2 amide bonds. The first-order valence-corrected chi connectivity index (χ1v) is 21.3. The van der Waals surface area contributed by atoms with Crippen LogP contribution in [-0.4, -0.2) is 93.3 Å². The van der Waals surface area contributed by atoms with Gasteiger partial charge >= 0.3 is 27.3 Å². The number of carbonyl (C=O) groups excluding carboxylic acids is 3. The number of nitro benzene ring substituents is 1. The number of amides is 2. The lowest BCUT2D eigenvalue weighted by Gasteiger charge is -2.22. The predicted molar refractivity (Wildman–Crippen MR) is 181 cm³/mol. The predicted octanol–water partition coefficient (Wildman–Crippen LogP) is 4.79. The van der Waals surface area contributed by atoms with Gasteiger partial charge in [0, 0.05) is 25.5 Å². The average Bonchev–Trinajstić information content (AvgIpc) is 3.26. The van der Waals surface area contributed by atoms with Crippen molar-refractivity contribution in [3.63, 3.8) is 0 Å². The first-order valence-electron chi connectivity index (χ1n) is 15.8. The molecule has 1 aromatic rings. The van der Waals surface area contributed by atoms with Crippen molar-refractivity contribution < 1.29 is 74.0 Å². The summed E-state index contributed by atoms with van der Waals surface area (Å²) in [6.07, 6.45) is 3.71. The molecule has 0 radical (unpaired) electrons. The maximum Gasteiger partial charge on any atom is 0.472 e. The normalized spacial score (nSPS) is 17.7. The first-order chi connectivity index (χ1) is 23.6. The summed E-state index contributed by atoms with van der Waals surface area (Å²) in [5.74, 6) is -1.24. The first kappa shape index (κ1) is 44.9. The van der Waals surface area contributed by atoms with Crippen molar-refractivity contribution in [3.8, 4) is 5.75 Å². The largest absolute Gasteiger partial charge is 0.472 e. The SMILES string of the molecule is CC(C)(C)OP(=O)(O)OCCOP(=O)(O)OCCCCCCSC1CC(=O)N(CCCCCC(=O)Oc2ccc(S(=O)(=O)O)cc2[N+](=O)[O-])C1=O. The number of hydrogen-bond acceptors (Lipinski definition) is 15. The van der Waals surface area contributed by atoms with Crippen LogP contribution in [0.15, 0.2) is 23.1 Å².